The molecule has 1 rings (SSSR count). The van der Waals surface area contributed by atoms with Gasteiger partial charge in [-0.3, -0.25) is 14.9 Å². The number of nitrogens with one attached hydrogen (secondary N) is 1. The highest BCUT2D eigenvalue weighted by atomic mass is 16.5. The summed E-state index contributed by atoms with van der Waals surface area (Å²) in [5.41, 5.74) is 5.75. The molecule has 0 aliphatic heterocycles. The molecule has 22 heavy (non-hydrogen) atoms. The van der Waals surface area contributed by atoms with E-state index in [0.29, 0.717) is 6.42 Å². The van der Waals surface area contributed by atoms with Crippen LogP contribution >= 0.6 is 0 Å². The molecule has 120 valence electrons. The van der Waals surface area contributed by atoms with E-state index in [4.69, 9.17) is 10.5 Å². The van der Waals surface area contributed by atoms with E-state index in [-0.39, 0.29) is 5.92 Å². The maximum atomic E-state index is 12.4. The zero-order chi connectivity index (χ0) is 16.7. The number of carbonyl (C=O) groups is 3. The molecule has 3 amide bonds. The van der Waals surface area contributed by atoms with E-state index in [0.717, 1.165) is 5.56 Å². The smallest absolute Gasteiger partial charge is 0.318 e. The predicted octanol–water partition coefficient (Wildman–Crippen LogP) is 1.94. The molecular formula is C16H22N2O4. The Hall–Kier alpha value is -2.37. The number of urea groups is 1. The van der Waals surface area contributed by atoms with Crippen molar-refractivity contribution in [2.45, 2.75) is 39.2 Å². The molecule has 0 unspecified atom stereocenters. The maximum Gasteiger partial charge on any atom is 0.318 e. The van der Waals surface area contributed by atoms with Gasteiger partial charge in [0, 0.05) is 0 Å². The Morgan fingerprint density at radius 3 is 2.23 bits per heavy atom. The average molecular weight is 306 g/mol. The molecule has 0 fully saturated rings. The summed E-state index contributed by atoms with van der Waals surface area (Å²) in [5, 5.41) is 1.95. The van der Waals surface area contributed by atoms with Gasteiger partial charge in [-0.15, -0.1) is 0 Å². The number of rotatable bonds is 6. The molecule has 0 heterocycles. The summed E-state index contributed by atoms with van der Waals surface area (Å²) in [4.78, 5) is 35.0. The number of esters is 1. The summed E-state index contributed by atoms with van der Waals surface area (Å²) in [6.45, 7) is 5.32. The Labute approximate surface area is 130 Å². The number of imide groups is 1. The van der Waals surface area contributed by atoms with E-state index in [2.05, 4.69) is 0 Å². The molecule has 0 bridgehead atoms. The lowest BCUT2D eigenvalue weighted by Crippen LogP contribution is -2.46. The quantitative estimate of drug-likeness (QED) is 0.785. The Bertz CT molecular complexity index is 528. The lowest BCUT2D eigenvalue weighted by atomic mass is 9.96. The second kappa shape index (κ2) is 8.17. The molecule has 0 aliphatic carbocycles. The molecular weight excluding hydrogens is 284 g/mol. The van der Waals surface area contributed by atoms with Gasteiger partial charge < -0.3 is 10.5 Å². The lowest BCUT2D eigenvalue weighted by Gasteiger charge is -2.23. The molecule has 0 saturated carbocycles. The van der Waals surface area contributed by atoms with E-state index >= 15 is 0 Å². The Morgan fingerprint density at radius 1 is 1.18 bits per heavy atom. The molecule has 0 aliphatic rings. The van der Waals surface area contributed by atoms with Crippen molar-refractivity contribution in [2.24, 2.45) is 11.7 Å². The van der Waals surface area contributed by atoms with Crippen molar-refractivity contribution in [2.75, 3.05) is 0 Å². The van der Waals surface area contributed by atoms with Crippen molar-refractivity contribution in [1.82, 2.24) is 5.32 Å². The predicted molar refractivity (Wildman–Crippen MR) is 81.9 cm³/mol. The van der Waals surface area contributed by atoms with Crippen molar-refractivity contribution in [3.63, 3.8) is 0 Å². The van der Waals surface area contributed by atoms with Crippen LogP contribution in [0.25, 0.3) is 0 Å². The lowest BCUT2D eigenvalue weighted by molar-refractivity contribution is -0.159. The second-order valence-electron chi connectivity index (χ2n) is 5.33. The minimum absolute atomic E-state index is 0.281. The largest absolute Gasteiger partial charge is 0.451 e. The molecule has 0 spiro atoms. The van der Waals surface area contributed by atoms with Gasteiger partial charge in [0.2, 0.25) is 0 Å². The van der Waals surface area contributed by atoms with Crippen LogP contribution in [0.2, 0.25) is 0 Å². The number of hydrogen-bond donors (Lipinski definition) is 2. The molecule has 0 radical (unpaired) electrons. The third kappa shape index (κ3) is 4.87. The van der Waals surface area contributed by atoms with Crippen LogP contribution in [0.15, 0.2) is 30.3 Å². The summed E-state index contributed by atoms with van der Waals surface area (Å²) < 4.78 is 5.32. The van der Waals surface area contributed by atoms with Crippen molar-refractivity contribution in [3.8, 4) is 0 Å². The van der Waals surface area contributed by atoms with Gasteiger partial charge >= 0.3 is 12.0 Å². The number of hydrogen-bond acceptors (Lipinski definition) is 4. The van der Waals surface area contributed by atoms with Crippen LogP contribution in [0.4, 0.5) is 4.79 Å². The summed E-state index contributed by atoms with van der Waals surface area (Å²) in [6.07, 6.45) is -0.511. The standard InChI is InChI=1S/C16H22N2O4/c1-4-12(11-8-6-5-7-9-11)15(20)22-13(10(2)3)14(19)18-16(17)21/h5-10,12-13H,4H2,1-3H3,(H3,17,18,19,21)/t12-,13+/m0/s1. The second-order valence-corrected chi connectivity index (χ2v) is 5.33. The molecule has 0 aromatic heterocycles. The van der Waals surface area contributed by atoms with Gasteiger partial charge in [-0.05, 0) is 17.9 Å². The number of amides is 3. The zero-order valence-corrected chi connectivity index (χ0v) is 13.0. The van der Waals surface area contributed by atoms with Crippen molar-refractivity contribution >= 4 is 17.9 Å². The van der Waals surface area contributed by atoms with Crippen LogP contribution in [0.3, 0.4) is 0 Å². The SMILES string of the molecule is CC[C@H](C(=O)O[C@@H](C(=O)NC(N)=O)C(C)C)c1ccccc1. The first-order valence-electron chi connectivity index (χ1n) is 7.22. The Balaban J connectivity index is 2.86. The monoisotopic (exact) mass is 306 g/mol. The van der Waals surface area contributed by atoms with Gasteiger partial charge in [0.25, 0.3) is 5.91 Å². The van der Waals surface area contributed by atoms with Gasteiger partial charge in [-0.2, -0.15) is 0 Å². The normalized spacial score (nSPS) is 13.3. The molecule has 3 N–H and O–H groups in total. The fourth-order valence-corrected chi connectivity index (χ4v) is 2.12. The first kappa shape index (κ1) is 17.7. The molecule has 6 nitrogen and oxygen atoms in total. The van der Waals surface area contributed by atoms with Crippen LogP contribution in [-0.4, -0.2) is 24.0 Å². The minimum Gasteiger partial charge on any atom is -0.451 e. The summed E-state index contributed by atoms with van der Waals surface area (Å²) >= 11 is 0. The number of benzene rings is 1. The highest BCUT2D eigenvalue weighted by Crippen LogP contribution is 2.22. The van der Waals surface area contributed by atoms with Crippen LogP contribution in [0.5, 0.6) is 0 Å². The van der Waals surface area contributed by atoms with Gasteiger partial charge in [-0.1, -0.05) is 51.1 Å². The van der Waals surface area contributed by atoms with Crippen molar-refractivity contribution in [3.05, 3.63) is 35.9 Å². The summed E-state index contributed by atoms with van der Waals surface area (Å²) in [7, 11) is 0. The van der Waals surface area contributed by atoms with Gasteiger partial charge in [0.15, 0.2) is 6.10 Å². The van der Waals surface area contributed by atoms with Crippen LogP contribution in [0.1, 0.15) is 38.7 Å². The van der Waals surface area contributed by atoms with E-state index in [9.17, 15) is 14.4 Å². The van der Waals surface area contributed by atoms with E-state index in [1.807, 2.05) is 42.6 Å². The summed E-state index contributed by atoms with van der Waals surface area (Å²) in [5.74, 6) is -1.94. The van der Waals surface area contributed by atoms with Crippen molar-refractivity contribution in [1.29, 1.82) is 0 Å². The molecule has 2 atom stereocenters. The number of ether oxygens (including phenoxy) is 1. The van der Waals surface area contributed by atoms with Crippen LogP contribution < -0.4 is 11.1 Å². The topological polar surface area (TPSA) is 98.5 Å². The van der Waals surface area contributed by atoms with Gasteiger partial charge in [-0.25, -0.2) is 4.79 Å². The van der Waals surface area contributed by atoms with Crippen molar-refractivity contribution < 1.29 is 19.1 Å². The Kier molecular flexibility index (Phi) is 6.56. The highest BCUT2D eigenvalue weighted by molar-refractivity contribution is 5.97. The molecule has 6 heteroatoms. The minimum atomic E-state index is -1.06. The van der Waals surface area contributed by atoms with E-state index in [1.165, 1.54) is 0 Å². The molecule has 1 aromatic carbocycles. The first-order chi connectivity index (χ1) is 10.4. The Morgan fingerprint density at radius 2 is 1.77 bits per heavy atom. The highest BCUT2D eigenvalue weighted by Gasteiger charge is 2.30. The number of primary amides is 1. The summed E-state index contributed by atoms with van der Waals surface area (Å²) in [6, 6.07) is 8.24. The van der Waals surface area contributed by atoms with Gasteiger partial charge in [0.05, 0.1) is 5.92 Å². The van der Waals surface area contributed by atoms with Crippen LogP contribution in [-0.2, 0) is 14.3 Å². The number of carbonyl (C=O) groups excluding carboxylic acids is 3. The molecule has 0 saturated heterocycles. The van der Waals surface area contributed by atoms with Gasteiger partial charge in [0.1, 0.15) is 0 Å². The van der Waals surface area contributed by atoms with E-state index < -0.39 is 29.9 Å². The number of nitrogens with two attached hydrogens (primary N) is 1. The van der Waals surface area contributed by atoms with E-state index in [1.54, 1.807) is 13.8 Å². The zero-order valence-electron chi connectivity index (χ0n) is 13.0. The third-order valence-electron chi connectivity index (χ3n) is 3.25. The average Bonchev–Trinajstić information content (AvgIpc) is 2.45. The first-order valence-corrected chi connectivity index (χ1v) is 7.22. The fourth-order valence-electron chi connectivity index (χ4n) is 2.12. The third-order valence-corrected chi connectivity index (χ3v) is 3.25. The maximum absolute atomic E-state index is 12.4. The fraction of sp³-hybridized carbons (Fsp3) is 0.438. The molecule has 1 aromatic rings. The van der Waals surface area contributed by atoms with Crippen LogP contribution in [0, 0.1) is 5.92 Å².